The largest absolute Gasteiger partial charge is 0.490 e. The third-order valence-electron chi connectivity index (χ3n) is 3.27. The van der Waals surface area contributed by atoms with Crippen LogP contribution in [0.4, 0.5) is 0 Å². The average Bonchev–Trinajstić information content (AvgIpc) is 2.45. The van der Waals surface area contributed by atoms with E-state index in [9.17, 15) is 0 Å². The number of hydrogen-bond donors (Lipinski definition) is 1. The maximum absolute atomic E-state index is 5.97. The van der Waals surface area contributed by atoms with Crippen molar-refractivity contribution >= 4 is 0 Å². The maximum atomic E-state index is 5.97. The normalized spacial score (nSPS) is 10.6. The molecule has 2 N–H and O–H groups in total. The summed E-state index contributed by atoms with van der Waals surface area (Å²) in [5.41, 5.74) is 6.81. The van der Waals surface area contributed by atoms with E-state index in [2.05, 4.69) is 13.0 Å². The third kappa shape index (κ3) is 5.83. The van der Waals surface area contributed by atoms with Crippen molar-refractivity contribution in [2.24, 2.45) is 5.73 Å². The van der Waals surface area contributed by atoms with Gasteiger partial charge in [0.2, 0.25) is 0 Å². The molecule has 114 valence electrons. The lowest BCUT2D eigenvalue weighted by atomic mass is 10.1. The summed E-state index contributed by atoms with van der Waals surface area (Å²) in [5.74, 6) is 1.72. The van der Waals surface area contributed by atoms with E-state index in [-0.39, 0.29) is 0 Å². The van der Waals surface area contributed by atoms with Crippen LogP contribution in [0.5, 0.6) is 11.5 Å². The monoisotopic (exact) mass is 279 g/mol. The molecule has 0 aliphatic rings. The number of nitrogens with two attached hydrogens (primary N) is 1. The Kier molecular flexibility index (Phi) is 8.88. The lowest BCUT2D eigenvalue weighted by Gasteiger charge is -2.15. The van der Waals surface area contributed by atoms with Gasteiger partial charge in [-0.25, -0.2) is 0 Å². The summed E-state index contributed by atoms with van der Waals surface area (Å²) in [4.78, 5) is 0. The fourth-order valence-electron chi connectivity index (χ4n) is 2.23. The summed E-state index contributed by atoms with van der Waals surface area (Å²) in [7, 11) is 0. The Morgan fingerprint density at radius 2 is 1.80 bits per heavy atom. The molecular weight excluding hydrogens is 250 g/mol. The van der Waals surface area contributed by atoms with Crippen molar-refractivity contribution < 1.29 is 9.47 Å². The predicted molar refractivity (Wildman–Crippen MR) is 84.6 cm³/mol. The highest BCUT2D eigenvalue weighted by molar-refractivity contribution is 5.46. The Balaban J connectivity index is 2.55. The molecule has 0 atom stereocenters. The molecule has 0 spiro atoms. The van der Waals surface area contributed by atoms with Crippen LogP contribution in [0.1, 0.15) is 51.5 Å². The van der Waals surface area contributed by atoms with Crippen molar-refractivity contribution in [3.05, 3.63) is 23.8 Å². The number of para-hydroxylation sites is 1. The minimum Gasteiger partial charge on any atom is -0.490 e. The fraction of sp³-hybridized carbons (Fsp3) is 0.647. The van der Waals surface area contributed by atoms with Gasteiger partial charge in [-0.3, -0.25) is 0 Å². The zero-order valence-corrected chi connectivity index (χ0v) is 13.0. The Morgan fingerprint density at radius 3 is 2.50 bits per heavy atom. The van der Waals surface area contributed by atoms with E-state index in [4.69, 9.17) is 15.2 Å². The molecule has 20 heavy (non-hydrogen) atoms. The van der Waals surface area contributed by atoms with E-state index < -0.39 is 0 Å². The summed E-state index contributed by atoms with van der Waals surface area (Å²) in [6, 6.07) is 6.04. The first-order valence-corrected chi connectivity index (χ1v) is 7.91. The second kappa shape index (κ2) is 10.6. The Labute approximate surface area is 123 Å². The second-order valence-corrected chi connectivity index (χ2v) is 4.98. The van der Waals surface area contributed by atoms with Crippen molar-refractivity contribution in [3.8, 4) is 11.5 Å². The van der Waals surface area contributed by atoms with Gasteiger partial charge in [0.15, 0.2) is 11.5 Å². The third-order valence-corrected chi connectivity index (χ3v) is 3.27. The lowest BCUT2D eigenvalue weighted by Crippen LogP contribution is -2.08. The summed E-state index contributed by atoms with van der Waals surface area (Å²) >= 11 is 0. The van der Waals surface area contributed by atoms with E-state index >= 15 is 0 Å². The van der Waals surface area contributed by atoms with E-state index in [0.29, 0.717) is 13.2 Å². The quantitative estimate of drug-likeness (QED) is 0.624. The molecule has 0 aliphatic carbocycles. The second-order valence-electron chi connectivity index (χ2n) is 4.98. The van der Waals surface area contributed by atoms with Gasteiger partial charge >= 0.3 is 0 Å². The first kappa shape index (κ1) is 16.8. The predicted octanol–water partition coefficient (Wildman–Crippen LogP) is 3.94. The van der Waals surface area contributed by atoms with Gasteiger partial charge in [0, 0.05) is 0 Å². The van der Waals surface area contributed by atoms with Crippen molar-refractivity contribution in [1.82, 2.24) is 0 Å². The van der Waals surface area contributed by atoms with Crippen LogP contribution in [0.25, 0.3) is 0 Å². The van der Waals surface area contributed by atoms with Crippen LogP contribution in [0, 0.1) is 0 Å². The molecule has 1 aromatic carbocycles. The number of hydrogen-bond acceptors (Lipinski definition) is 3. The van der Waals surface area contributed by atoms with E-state index in [1.807, 2.05) is 19.1 Å². The Hall–Kier alpha value is -1.22. The molecule has 3 nitrogen and oxygen atoms in total. The van der Waals surface area contributed by atoms with Crippen molar-refractivity contribution in [1.29, 1.82) is 0 Å². The van der Waals surface area contributed by atoms with E-state index in [1.54, 1.807) is 0 Å². The summed E-state index contributed by atoms with van der Waals surface area (Å²) < 4.78 is 11.6. The number of rotatable bonds is 11. The highest BCUT2D eigenvalue weighted by Gasteiger charge is 2.10. The molecule has 0 aromatic heterocycles. The summed E-state index contributed by atoms with van der Waals surface area (Å²) in [6.07, 6.45) is 7.04. The molecule has 0 aliphatic heterocycles. The molecule has 0 heterocycles. The Bertz CT molecular complexity index is 342. The first-order valence-electron chi connectivity index (χ1n) is 7.91. The molecule has 0 saturated heterocycles. The highest BCUT2D eigenvalue weighted by Crippen LogP contribution is 2.31. The molecule has 0 bridgehead atoms. The van der Waals surface area contributed by atoms with Gasteiger partial charge in [0.05, 0.1) is 13.2 Å². The lowest BCUT2D eigenvalue weighted by molar-refractivity contribution is 0.268. The van der Waals surface area contributed by atoms with Gasteiger partial charge in [0.1, 0.15) is 0 Å². The number of ether oxygens (including phenoxy) is 2. The van der Waals surface area contributed by atoms with Crippen LogP contribution in [-0.4, -0.2) is 19.8 Å². The van der Waals surface area contributed by atoms with E-state index in [1.165, 1.54) is 25.7 Å². The van der Waals surface area contributed by atoms with Crippen LogP contribution < -0.4 is 15.2 Å². The van der Waals surface area contributed by atoms with Gasteiger partial charge < -0.3 is 15.2 Å². The van der Waals surface area contributed by atoms with Crippen LogP contribution in [0.2, 0.25) is 0 Å². The highest BCUT2D eigenvalue weighted by atomic mass is 16.5. The molecule has 1 rings (SSSR count). The van der Waals surface area contributed by atoms with Crippen LogP contribution >= 0.6 is 0 Å². The van der Waals surface area contributed by atoms with Crippen molar-refractivity contribution in [2.75, 3.05) is 19.8 Å². The van der Waals surface area contributed by atoms with Gasteiger partial charge in [-0.15, -0.1) is 0 Å². The van der Waals surface area contributed by atoms with Gasteiger partial charge in [0.25, 0.3) is 0 Å². The van der Waals surface area contributed by atoms with Crippen LogP contribution in [-0.2, 0) is 6.42 Å². The molecule has 0 amide bonds. The van der Waals surface area contributed by atoms with Crippen molar-refractivity contribution in [2.45, 2.75) is 52.4 Å². The van der Waals surface area contributed by atoms with Crippen LogP contribution in [0.3, 0.4) is 0 Å². The topological polar surface area (TPSA) is 44.5 Å². The number of unbranched alkanes of at least 4 members (excludes halogenated alkanes) is 4. The zero-order valence-electron chi connectivity index (χ0n) is 13.0. The molecular formula is C17H29NO2. The fourth-order valence-corrected chi connectivity index (χ4v) is 2.23. The number of benzene rings is 1. The van der Waals surface area contributed by atoms with Crippen molar-refractivity contribution in [3.63, 3.8) is 0 Å². The summed E-state index contributed by atoms with van der Waals surface area (Å²) in [6.45, 7) is 6.25. The van der Waals surface area contributed by atoms with Gasteiger partial charge in [-0.1, -0.05) is 44.7 Å². The standard InChI is InChI=1S/C17H29NO2/c1-3-5-6-7-8-14-20-17-15(12-13-18)10-9-11-16(17)19-4-2/h9-11H,3-8,12-14,18H2,1-2H3. The summed E-state index contributed by atoms with van der Waals surface area (Å²) in [5, 5.41) is 0. The molecule has 0 fully saturated rings. The van der Waals surface area contributed by atoms with E-state index in [0.717, 1.165) is 36.5 Å². The minimum absolute atomic E-state index is 0.627. The zero-order chi connectivity index (χ0) is 14.6. The molecule has 3 heteroatoms. The van der Waals surface area contributed by atoms with Gasteiger partial charge in [-0.2, -0.15) is 0 Å². The average molecular weight is 279 g/mol. The first-order chi connectivity index (χ1) is 9.83. The smallest absolute Gasteiger partial charge is 0.164 e. The molecule has 0 radical (unpaired) electrons. The molecule has 0 unspecified atom stereocenters. The SMILES string of the molecule is CCCCCCCOc1c(CCN)cccc1OCC. The molecule has 1 aromatic rings. The maximum Gasteiger partial charge on any atom is 0.164 e. The minimum atomic E-state index is 0.627. The van der Waals surface area contributed by atoms with Crippen LogP contribution in [0.15, 0.2) is 18.2 Å². The van der Waals surface area contributed by atoms with Gasteiger partial charge in [-0.05, 0) is 37.9 Å². The Morgan fingerprint density at radius 1 is 1.00 bits per heavy atom. The molecule has 0 saturated carbocycles.